The number of benzene rings is 2. The number of rotatable bonds is 5. The van der Waals surface area contributed by atoms with Crippen molar-refractivity contribution in [1.29, 1.82) is 0 Å². The van der Waals surface area contributed by atoms with E-state index in [0.29, 0.717) is 40.1 Å². The van der Waals surface area contributed by atoms with Crippen LogP contribution in [0.15, 0.2) is 30.3 Å². The van der Waals surface area contributed by atoms with E-state index in [9.17, 15) is 4.79 Å². The molecular formula is C19H16O7. The van der Waals surface area contributed by atoms with E-state index < -0.39 is 0 Å². The summed E-state index contributed by atoms with van der Waals surface area (Å²) in [5.41, 5.74) is 1.20. The van der Waals surface area contributed by atoms with Crippen LogP contribution in [-0.4, -0.2) is 33.6 Å². The molecule has 2 aromatic rings. The van der Waals surface area contributed by atoms with Crippen molar-refractivity contribution in [1.82, 2.24) is 0 Å². The maximum atomic E-state index is 12.5. The van der Waals surface area contributed by atoms with Crippen LogP contribution in [0.2, 0.25) is 0 Å². The largest absolute Gasteiger partial charge is 0.493 e. The van der Waals surface area contributed by atoms with E-state index in [4.69, 9.17) is 28.4 Å². The molecule has 2 heterocycles. The van der Waals surface area contributed by atoms with Gasteiger partial charge in [-0.15, -0.1) is 0 Å². The Kier molecular flexibility index (Phi) is 4.04. The summed E-state index contributed by atoms with van der Waals surface area (Å²) in [5.74, 6) is 2.97. The first kappa shape index (κ1) is 16.1. The van der Waals surface area contributed by atoms with Crippen molar-refractivity contribution >= 4 is 11.9 Å². The number of hydrogen-bond acceptors (Lipinski definition) is 7. The highest BCUT2D eigenvalue weighted by Crippen LogP contribution is 2.43. The first-order chi connectivity index (χ1) is 12.7. The smallest absolute Gasteiger partial charge is 0.231 e. The van der Waals surface area contributed by atoms with Gasteiger partial charge >= 0.3 is 0 Å². The maximum Gasteiger partial charge on any atom is 0.231 e. The summed E-state index contributed by atoms with van der Waals surface area (Å²) in [4.78, 5) is 12.5. The number of hydrogen-bond donors (Lipinski definition) is 0. The van der Waals surface area contributed by atoms with E-state index >= 15 is 0 Å². The van der Waals surface area contributed by atoms with Gasteiger partial charge in [-0.3, -0.25) is 4.79 Å². The fraction of sp³-hybridized carbons (Fsp3) is 0.211. The molecule has 0 saturated heterocycles. The Labute approximate surface area is 149 Å². The summed E-state index contributed by atoms with van der Waals surface area (Å²) >= 11 is 0. The third-order valence-corrected chi connectivity index (χ3v) is 4.05. The van der Waals surface area contributed by atoms with Gasteiger partial charge in [-0.05, 0) is 35.9 Å². The number of methoxy groups -OCH3 is 2. The summed E-state index contributed by atoms with van der Waals surface area (Å²) in [5, 5.41) is 0. The van der Waals surface area contributed by atoms with E-state index in [1.54, 1.807) is 37.5 Å². The summed E-state index contributed by atoms with van der Waals surface area (Å²) in [6, 6.07) is 6.82. The molecule has 0 bridgehead atoms. The lowest BCUT2D eigenvalue weighted by Gasteiger charge is -2.07. The van der Waals surface area contributed by atoms with Crippen LogP contribution in [0.5, 0.6) is 34.5 Å². The minimum atomic E-state index is -0.196. The second-order valence-electron chi connectivity index (χ2n) is 5.57. The summed E-state index contributed by atoms with van der Waals surface area (Å²) in [6.45, 7) is 0.255. The van der Waals surface area contributed by atoms with Crippen molar-refractivity contribution in [2.24, 2.45) is 0 Å². The van der Waals surface area contributed by atoms with Gasteiger partial charge in [0.15, 0.2) is 28.8 Å². The van der Waals surface area contributed by atoms with Crippen LogP contribution in [0.1, 0.15) is 15.9 Å². The Morgan fingerprint density at radius 3 is 2.15 bits per heavy atom. The zero-order chi connectivity index (χ0) is 18.1. The number of allylic oxidation sites excluding steroid dienone is 1. The molecule has 0 saturated carbocycles. The average Bonchev–Trinajstić information content (AvgIpc) is 3.33. The molecule has 134 valence electrons. The van der Waals surface area contributed by atoms with Gasteiger partial charge in [0.25, 0.3) is 0 Å². The fourth-order valence-electron chi connectivity index (χ4n) is 2.79. The van der Waals surface area contributed by atoms with Crippen molar-refractivity contribution < 1.29 is 33.2 Å². The monoisotopic (exact) mass is 356 g/mol. The molecule has 0 atom stereocenters. The molecule has 0 spiro atoms. The molecule has 2 aliphatic rings. The molecule has 0 aromatic heterocycles. The lowest BCUT2D eigenvalue weighted by atomic mass is 10.1. The first-order valence-corrected chi connectivity index (χ1v) is 7.87. The van der Waals surface area contributed by atoms with Gasteiger partial charge in [0.1, 0.15) is 0 Å². The number of carbonyl (C=O) groups excluding carboxylic acids is 1. The van der Waals surface area contributed by atoms with Gasteiger partial charge in [0.05, 0.1) is 14.2 Å². The molecule has 2 aliphatic heterocycles. The molecule has 2 aromatic carbocycles. The van der Waals surface area contributed by atoms with Gasteiger partial charge in [-0.1, -0.05) is 6.08 Å². The Balaban J connectivity index is 1.61. The van der Waals surface area contributed by atoms with Crippen molar-refractivity contribution in [3.05, 3.63) is 41.5 Å². The van der Waals surface area contributed by atoms with Gasteiger partial charge in [0.2, 0.25) is 25.1 Å². The number of ketones is 1. The molecular weight excluding hydrogens is 340 g/mol. The highest BCUT2D eigenvalue weighted by Gasteiger charge is 2.22. The van der Waals surface area contributed by atoms with Crippen molar-refractivity contribution in [2.45, 2.75) is 0 Å². The zero-order valence-electron chi connectivity index (χ0n) is 14.2. The van der Waals surface area contributed by atoms with E-state index in [2.05, 4.69) is 0 Å². The minimum Gasteiger partial charge on any atom is -0.493 e. The van der Waals surface area contributed by atoms with Gasteiger partial charge in [0, 0.05) is 5.56 Å². The summed E-state index contributed by atoms with van der Waals surface area (Å²) in [6.07, 6.45) is 3.15. The first-order valence-electron chi connectivity index (χ1n) is 7.87. The maximum absolute atomic E-state index is 12.5. The molecule has 0 aliphatic carbocycles. The minimum absolute atomic E-state index is 0.107. The average molecular weight is 356 g/mol. The number of ether oxygens (including phenoxy) is 6. The topological polar surface area (TPSA) is 72.5 Å². The predicted molar refractivity (Wildman–Crippen MR) is 91.6 cm³/mol. The molecule has 0 N–H and O–H groups in total. The Hall–Kier alpha value is -3.35. The standard InChI is InChI=1S/C19H16O7/c1-21-14-5-11(6-16-18(14)25-9-23-16)3-4-13(20)12-7-15(22-2)19-17(8-12)24-10-26-19/h3-8H,9-10H2,1-2H3. The van der Waals surface area contributed by atoms with Crippen LogP contribution in [0.3, 0.4) is 0 Å². The lowest BCUT2D eigenvalue weighted by molar-refractivity contribution is 0.104. The predicted octanol–water partition coefficient (Wildman–Crippen LogP) is 3.06. The Bertz CT molecular complexity index is 901. The molecule has 4 rings (SSSR count). The normalized spacial score (nSPS) is 13.9. The Morgan fingerprint density at radius 2 is 1.50 bits per heavy atom. The van der Waals surface area contributed by atoms with Crippen LogP contribution < -0.4 is 28.4 Å². The van der Waals surface area contributed by atoms with Gasteiger partial charge < -0.3 is 28.4 Å². The van der Waals surface area contributed by atoms with E-state index in [-0.39, 0.29) is 19.4 Å². The van der Waals surface area contributed by atoms with E-state index in [1.807, 2.05) is 0 Å². The SMILES string of the molecule is COc1cc(C=CC(=O)c2cc(OC)c3c(c2)OCO3)cc2c1OCO2. The van der Waals surface area contributed by atoms with Crippen LogP contribution in [-0.2, 0) is 0 Å². The molecule has 0 fully saturated rings. The zero-order valence-corrected chi connectivity index (χ0v) is 14.2. The highest BCUT2D eigenvalue weighted by atomic mass is 16.7. The molecule has 7 heteroatoms. The fourth-order valence-corrected chi connectivity index (χ4v) is 2.79. The van der Waals surface area contributed by atoms with Gasteiger partial charge in [-0.2, -0.15) is 0 Å². The number of fused-ring (bicyclic) bond motifs is 2. The van der Waals surface area contributed by atoms with Crippen LogP contribution in [0.25, 0.3) is 6.08 Å². The highest BCUT2D eigenvalue weighted by molar-refractivity contribution is 6.07. The van der Waals surface area contributed by atoms with Crippen molar-refractivity contribution in [3.8, 4) is 34.5 Å². The molecule has 0 radical (unpaired) electrons. The van der Waals surface area contributed by atoms with Crippen molar-refractivity contribution in [2.75, 3.05) is 27.8 Å². The van der Waals surface area contributed by atoms with Gasteiger partial charge in [-0.25, -0.2) is 0 Å². The number of carbonyl (C=O) groups is 1. The second-order valence-corrected chi connectivity index (χ2v) is 5.57. The molecule has 26 heavy (non-hydrogen) atoms. The van der Waals surface area contributed by atoms with E-state index in [0.717, 1.165) is 5.56 Å². The molecule has 7 nitrogen and oxygen atoms in total. The van der Waals surface area contributed by atoms with Crippen molar-refractivity contribution in [3.63, 3.8) is 0 Å². The third kappa shape index (κ3) is 2.77. The lowest BCUT2D eigenvalue weighted by Crippen LogP contribution is -1.96. The summed E-state index contributed by atoms with van der Waals surface area (Å²) < 4.78 is 32.0. The van der Waals surface area contributed by atoms with Crippen LogP contribution in [0.4, 0.5) is 0 Å². The Morgan fingerprint density at radius 1 is 0.885 bits per heavy atom. The molecule has 0 unspecified atom stereocenters. The third-order valence-electron chi connectivity index (χ3n) is 4.05. The van der Waals surface area contributed by atoms with Crippen LogP contribution in [0, 0.1) is 0 Å². The van der Waals surface area contributed by atoms with Crippen LogP contribution >= 0.6 is 0 Å². The second kappa shape index (κ2) is 6.51. The van der Waals surface area contributed by atoms with E-state index in [1.165, 1.54) is 13.2 Å². The quantitative estimate of drug-likeness (QED) is 0.602. The molecule has 0 amide bonds. The summed E-state index contributed by atoms with van der Waals surface area (Å²) in [7, 11) is 3.06.